The van der Waals surface area contributed by atoms with Crippen molar-refractivity contribution in [2.24, 2.45) is 0 Å². The summed E-state index contributed by atoms with van der Waals surface area (Å²) < 4.78 is 6.88. The quantitative estimate of drug-likeness (QED) is 0.586. The number of rotatable bonds is 7. The van der Waals surface area contributed by atoms with Crippen molar-refractivity contribution in [2.75, 3.05) is 18.6 Å². The Labute approximate surface area is 199 Å². The topological polar surface area (TPSA) is 80.6 Å². The zero-order valence-electron chi connectivity index (χ0n) is 19.7. The average molecular weight is 460 g/mol. The fourth-order valence-corrected chi connectivity index (χ4v) is 4.34. The Morgan fingerprint density at radius 2 is 1.76 bits per heavy atom. The lowest BCUT2D eigenvalue weighted by Crippen LogP contribution is -2.44. The molecule has 2 atom stereocenters. The second-order valence-corrected chi connectivity index (χ2v) is 8.54. The predicted molar refractivity (Wildman–Crippen MR) is 132 cm³/mol. The highest BCUT2D eigenvalue weighted by molar-refractivity contribution is 6.04. The normalized spacial score (nSPS) is 17.6. The van der Waals surface area contributed by atoms with Gasteiger partial charge < -0.3 is 19.5 Å². The zero-order valence-corrected chi connectivity index (χ0v) is 19.7. The van der Waals surface area contributed by atoms with Crippen molar-refractivity contribution < 1.29 is 14.3 Å². The molecule has 1 N–H and O–H groups in total. The minimum Gasteiger partial charge on any atom is -0.497 e. The molecule has 2 aromatic carbocycles. The molecule has 0 spiro atoms. The van der Waals surface area contributed by atoms with Gasteiger partial charge in [-0.2, -0.15) is 0 Å². The second-order valence-electron chi connectivity index (χ2n) is 8.54. The molecule has 1 aromatic heterocycles. The maximum atomic E-state index is 13.6. The number of nitrogens with zero attached hydrogens (tertiary/aromatic N) is 2. The molecule has 1 fully saturated rings. The number of pyridine rings is 1. The summed E-state index contributed by atoms with van der Waals surface area (Å²) in [5.74, 6) is -0.245. The average Bonchev–Trinajstić information content (AvgIpc) is 3.16. The molecular weight excluding hydrogens is 430 g/mol. The van der Waals surface area contributed by atoms with E-state index in [-0.39, 0.29) is 29.8 Å². The van der Waals surface area contributed by atoms with Crippen molar-refractivity contribution >= 4 is 17.5 Å². The minimum atomic E-state index is -0.804. The lowest BCUT2D eigenvalue weighted by molar-refractivity contribution is -0.118. The molecule has 0 aliphatic carbocycles. The van der Waals surface area contributed by atoms with Crippen molar-refractivity contribution in [1.29, 1.82) is 0 Å². The number of ether oxygens (including phenoxy) is 1. The number of anilines is 1. The number of nitrogens with one attached hydrogen (secondary N) is 1. The van der Waals surface area contributed by atoms with Gasteiger partial charge in [0.1, 0.15) is 17.5 Å². The summed E-state index contributed by atoms with van der Waals surface area (Å²) in [5.41, 5.74) is 2.53. The maximum absolute atomic E-state index is 13.6. The van der Waals surface area contributed by atoms with Gasteiger partial charge >= 0.3 is 0 Å². The Morgan fingerprint density at radius 3 is 2.41 bits per heavy atom. The molecule has 176 valence electrons. The summed E-state index contributed by atoms with van der Waals surface area (Å²) in [6.45, 7) is 4.81. The first-order chi connectivity index (χ1) is 16.4. The number of amides is 2. The van der Waals surface area contributed by atoms with Crippen molar-refractivity contribution in [3.8, 4) is 5.75 Å². The summed E-state index contributed by atoms with van der Waals surface area (Å²) in [6, 6.07) is 17.3. The van der Waals surface area contributed by atoms with Gasteiger partial charge in [-0.1, -0.05) is 36.8 Å². The van der Waals surface area contributed by atoms with Crippen LogP contribution in [0.4, 0.5) is 5.69 Å². The fraction of sp³-hybridized carbons (Fsp3) is 0.296. The molecule has 1 aliphatic rings. The number of methoxy groups -OCH3 is 1. The Kier molecular flexibility index (Phi) is 6.82. The third kappa shape index (κ3) is 4.59. The molecule has 7 nitrogen and oxygen atoms in total. The van der Waals surface area contributed by atoms with E-state index in [0.29, 0.717) is 23.5 Å². The van der Waals surface area contributed by atoms with E-state index < -0.39 is 6.04 Å². The molecule has 3 aromatic rings. The molecule has 0 saturated carbocycles. The molecule has 0 radical (unpaired) electrons. The third-order valence-electron chi connectivity index (χ3n) is 6.21. The molecule has 1 saturated heterocycles. The molecule has 4 rings (SSSR count). The van der Waals surface area contributed by atoms with Crippen LogP contribution in [0.3, 0.4) is 0 Å². The van der Waals surface area contributed by atoms with Gasteiger partial charge in [-0.05, 0) is 55.3 Å². The molecule has 0 bridgehead atoms. The first-order valence-corrected chi connectivity index (χ1v) is 11.4. The SMILES string of the molecule is CCCn1cccc(N2C[C@@H](c3ccc(OC)cc3)[C@H](NC(=O)c3ccc(C)cc3)C2=O)c1=O. The number of benzene rings is 2. The van der Waals surface area contributed by atoms with Crippen LogP contribution in [0, 0.1) is 6.92 Å². The summed E-state index contributed by atoms with van der Waals surface area (Å²) >= 11 is 0. The van der Waals surface area contributed by atoms with Gasteiger partial charge in [0.25, 0.3) is 11.5 Å². The number of carbonyl (C=O) groups is 2. The van der Waals surface area contributed by atoms with Gasteiger partial charge in [-0.25, -0.2) is 0 Å². The molecule has 7 heteroatoms. The van der Waals surface area contributed by atoms with Crippen LogP contribution in [0.15, 0.2) is 71.7 Å². The van der Waals surface area contributed by atoms with E-state index in [1.807, 2.05) is 50.2 Å². The molecule has 2 heterocycles. The van der Waals surface area contributed by atoms with Crippen LogP contribution in [0.25, 0.3) is 0 Å². The van der Waals surface area contributed by atoms with Crippen LogP contribution in [0.5, 0.6) is 5.75 Å². The highest BCUT2D eigenvalue weighted by Crippen LogP contribution is 2.32. The molecule has 1 aliphatic heterocycles. The standard InChI is InChI=1S/C27H29N3O4/c1-4-15-29-16-5-6-23(26(29)32)30-17-22(19-11-13-21(34-3)14-12-19)24(27(30)33)28-25(31)20-9-7-18(2)8-10-20/h5-14,16,22,24H,4,15,17H2,1-3H3,(H,28,31)/t22-,24-/m0/s1. The van der Waals surface area contributed by atoms with Crippen LogP contribution in [-0.2, 0) is 11.3 Å². The van der Waals surface area contributed by atoms with E-state index in [9.17, 15) is 14.4 Å². The summed E-state index contributed by atoms with van der Waals surface area (Å²) in [5, 5.41) is 2.93. The smallest absolute Gasteiger partial charge is 0.274 e. The van der Waals surface area contributed by atoms with E-state index >= 15 is 0 Å². The van der Waals surface area contributed by atoms with Crippen LogP contribution >= 0.6 is 0 Å². The van der Waals surface area contributed by atoms with Crippen LogP contribution in [0.2, 0.25) is 0 Å². The number of aromatic nitrogens is 1. The number of aryl methyl sites for hydroxylation is 2. The number of hydrogen-bond acceptors (Lipinski definition) is 4. The van der Waals surface area contributed by atoms with Crippen LogP contribution in [-0.4, -0.2) is 36.1 Å². The van der Waals surface area contributed by atoms with Crippen molar-refractivity contribution in [1.82, 2.24) is 9.88 Å². The molecule has 0 unspecified atom stereocenters. The highest BCUT2D eigenvalue weighted by Gasteiger charge is 2.43. The number of carbonyl (C=O) groups excluding carboxylic acids is 2. The van der Waals surface area contributed by atoms with Crippen LogP contribution < -0.4 is 20.5 Å². The van der Waals surface area contributed by atoms with E-state index in [2.05, 4.69) is 5.32 Å². The Balaban J connectivity index is 1.69. The largest absolute Gasteiger partial charge is 0.497 e. The monoisotopic (exact) mass is 459 g/mol. The van der Waals surface area contributed by atoms with Gasteiger partial charge in [-0.15, -0.1) is 0 Å². The fourth-order valence-electron chi connectivity index (χ4n) is 4.34. The lowest BCUT2D eigenvalue weighted by Gasteiger charge is -2.19. The Hall–Kier alpha value is -3.87. The maximum Gasteiger partial charge on any atom is 0.274 e. The molecule has 2 amide bonds. The Morgan fingerprint density at radius 1 is 1.06 bits per heavy atom. The summed E-state index contributed by atoms with van der Waals surface area (Å²) in [7, 11) is 1.59. The number of hydrogen-bond donors (Lipinski definition) is 1. The van der Waals surface area contributed by atoms with Crippen molar-refractivity contribution in [2.45, 2.75) is 38.8 Å². The molecular formula is C27H29N3O4. The first-order valence-electron chi connectivity index (χ1n) is 11.4. The first kappa shape index (κ1) is 23.3. The Bertz CT molecular complexity index is 1230. The van der Waals surface area contributed by atoms with E-state index in [4.69, 9.17) is 4.74 Å². The minimum absolute atomic E-state index is 0.211. The highest BCUT2D eigenvalue weighted by atomic mass is 16.5. The van der Waals surface area contributed by atoms with Gasteiger partial charge in [-0.3, -0.25) is 14.4 Å². The van der Waals surface area contributed by atoms with E-state index in [1.165, 1.54) is 4.90 Å². The third-order valence-corrected chi connectivity index (χ3v) is 6.21. The van der Waals surface area contributed by atoms with Gasteiger partial charge in [0, 0.05) is 30.8 Å². The van der Waals surface area contributed by atoms with Crippen LogP contribution in [0.1, 0.15) is 40.7 Å². The van der Waals surface area contributed by atoms with Crippen molar-refractivity contribution in [3.63, 3.8) is 0 Å². The van der Waals surface area contributed by atoms with Gasteiger partial charge in [0.2, 0.25) is 5.91 Å². The summed E-state index contributed by atoms with van der Waals surface area (Å²) in [6.07, 6.45) is 2.54. The summed E-state index contributed by atoms with van der Waals surface area (Å²) in [4.78, 5) is 41.2. The lowest BCUT2D eigenvalue weighted by atomic mass is 9.93. The van der Waals surface area contributed by atoms with Gasteiger partial charge in [0.15, 0.2) is 0 Å². The van der Waals surface area contributed by atoms with Crippen molar-refractivity contribution in [3.05, 3.63) is 93.9 Å². The van der Waals surface area contributed by atoms with E-state index in [1.54, 1.807) is 42.1 Å². The van der Waals surface area contributed by atoms with Gasteiger partial charge in [0.05, 0.1) is 7.11 Å². The predicted octanol–water partition coefficient (Wildman–Crippen LogP) is 3.50. The second kappa shape index (κ2) is 9.95. The molecule has 34 heavy (non-hydrogen) atoms. The zero-order chi connectivity index (χ0) is 24.2. The van der Waals surface area contributed by atoms with E-state index in [0.717, 1.165) is 17.5 Å².